The van der Waals surface area contributed by atoms with Crippen molar-refractivity contribution in [1.82, 2.24) is 4.90 Å². The molecule has 1 aromatic heterocycles. The molecule has 0 bridgehead atoms. The van der Waals surface area contributed by atoms with Gasteiger partial charge >= 0.3 is 0 Å². The van der Waals surface area contributed by atoms with Gasteiger partial charge in [0.2, 0.25) is 0 Å². The van der Waals surface area contributed by atoms with E-state index in [4.69, 9.17) is 18.6 Å². The summed E-state index contributed by atoms with van der Waals surface area (Å²) in [4.78, 5) is 2.15. The normalized spacial score (nSPS) is 12.5. The first-order chi connectivity index (χ1) is 12.2. The second-order valence-corrected chi connectivity index (χ2v) is 5.82. The number of furan rings is 1. The van der Waals surface area contributed by atoms with Crippen LogP contribution < -0.4 is 4.74 Å². The Bertz CT molecular complexity index is 570. The Morgan fingerprint density at radius 3 is 2.60 bits per heavy atom. The van der Waals surface area contributed by atoms with Gasteiger partial charge in [-0.05, 0) is 29.8 Å². The highest BCUT2D eigenvalue weighted by Crippen LogP contribution is 2.13. The van der Waals surface area contributed by atoms with Crippen LogP contribution in [0.5, 0.6) is 5.75 Å². The van der Waals surface area contributed by atoms with Crippen LogP contribution in [0.3, 0.4) is 0 Å². The van der Waals surface area contributed by atoms with Gasteiger partial charge in [-0.3, -0.25) is 4.90 Å². The zero-order valence-corrected chi connectivity index (χ0v) is 14.9. The van der Waals surface area contributed by atoms with Gasteiger partial charge in [0.25, 0.3) is 0 Å². The van der Waals surface area contributed by atoms with Gasteiger partial charge in [-0.2, -0.15) is 0 Å². The van der Waals surface area contributed by atoms with Crippen LogP contribution in [0.2, 0.25) is 0 Å². The van der Waals surface area contributed by atoms with Gasteiger partial charge in [0.05, 0.1) is 32.7 Å². The van der Waals surface area contributed by atoms with Crippen LogP contribution in [0.4, 0.5) is 0 Å². The van der Waals surface area contributed by atoms with Crippen molar-refractivity contribution >= 4 is 0 Å². The number of rotatable bonds is 12. The van der Waals surface area contributed by atoms with E-state index in [1.54, 1.807) is 20.5 Å². The molecule has 0 saturated carbocycles. The van der Waals surface area contributed by atoms with E-state index in [2.05, 4.69) is 4.90 Å². The van der Waals surface area contributed by atoms with Crippen molar-refractivity contribution in [1.29, 1.82) is 0 Å². The minimum Gasteiger partial charge on any atom is -0.497 e. The molecule has 6 nitrogen and oxygen atoms in total. The summed E-state index contributed by atoms with van der Waals surface area (Å²) in [5.74, 6) is 1.58. The predicted molar refractivity (Wildman–Crippen MR) is 94.5 cm³/mol. The third-order valence-electron chi connectivity index (χ3n) is 3.78. The molecular weight excluding hydrogens is 322 g/mol. The van der Waals surface area contributed by atoms with Gasteiger partial charge < -0.3 is 23.7 Å². The average molecular weight is 349 g/mol. The molecule has 1 N–H and O–H groups in total. The fourth-order valence-corrected chi connectivity index (χ4v) is 2.49. The number of aliphatic hydroxyl groups excluding tert-OH is 1. The van der Waals surface area contributed by atoms with Crippen molar-refractivity contribution in [3.8, 4) is 5.75 Å². The number of ether oxygens (including phenoxy) is 3. The third kappa shape index (κ3) is 7.27. The molecule has 2 rings (SSSR count). The molecule has 138 valence electrons. The molecule has 2 aromatic rings. The summed E-state index contributed by atoms with van der Waals surface area (Å²) in [5, 5.41) is 10.2. The summed E-state index contributed by atoms with van der Waals surface area (Å²) < 4.78 is 21.1. The highest BCUT2D eigenvalue weighted by atomic mass is 16.5. The minimum atomic E-state index is -0.579. The van der Waals surface area contributed by atoms with Crippen molar-refractivity contribution in [2.75, 3.05) is 40.5 Å². The smallest absolute Gasteiger partial charge is 0.129 e. The molecule has 0 unspecified atom stereocenters. The fraction of sp³-hybridized carbons (Fsp3) is 0.474. The molecule has 1 aromatic carbocycles. The number of hydrogen-bond donors (Lipinski definition) is 1. The second kappa shape index (κ2) is 10.9. The van der Waals surface area contributed by atoms with Gasteiger partial charge in [0.15, 0.2) is 0 Å². The van der Waals surface area contributed by atoms with Gasteiger partial charge in [0.1, 0.15) is 18.1 Å². The number of hydrogen-bond acceptors (Lipinski definition) is 6. The maximum Gasteiger partial charge on any atom is 0.129 e. The number of aliphatic hydroxyl groups is 1. The van der Waals surface area contributed by atoms with E-state index < -0.39 is 6.10 Å². The molecule has 1 heterocycles. The van der Waals surface area contributed by atoms with E-state index in [1.807, 2.05) is 36.4 Å². The molecule has 0 saturated heterocycles. The molecule has 6 heteroatoms. The fourth-order valence-electron chi connectivity index (χ4n) is 2.49. The van der Waals surface area contributed by atoms with Crippen molar-refractivity contribution in [2.24, 2.45) is 0 Å². The van der Waals surface area contributed by atoms with Crippen LogP contribution in [-0.4, -0.2) is 56.6 Å². The highest BCUT2D eigenvalue weighted by Gasteiger charge is 2.13. The molecule has 0 fully saturated rings. The molecule has 0 aliphatic rings. The standard InChI is InChI=1S/C19H27NO5/c1-22-11-9-20(12-16-5-7-18(23-2)8-6-16)13-17(21)14-24-15-19-4-3-10-25-19/h3-8,10,17,21H,9,11-15H2,1-2H3/t17-/m0/s1. The van der Waals surface area contributed by atoms with Crippen molar-refractivity contribution in [3.05, 3.63) is 54.0 Å². The van der Waals surface area contributed by atoms with Gasteiger partial charge in [0, 0.05) is 26.7 Å². The van der Waals surface area contributed by atoms with Crippen LogP contribution >= 0.6 is 0 Å². The van der Waals surface area contributed by atoms with Crippen LogP contribution in [0, 0.1) is 0 Å². The lowest BCUT2D eigenvalue weighted by Crippen LogP contribution is -2.36. The number of nitrogens with zero attached hydrogens (tertiary/aromatic N) is 1. The lowest BCUT2D eigenvalue weighted by Gasteiger charge is -2.25. The first-order valence-corrected chi connectivity index (χ1v) is 8.33. The Balaban J connectivity index is 1.80. The quantitative estimate of drug-likeness (QED) is 0.634. The topological polar surface area (TPSA) is 64.3 Å². The maximum absolute atomic E-state index is 10.2. The Labute approximate surface area is 148 Å². The Morgan fingerprint density at radius 1 is 1.16 bits per heavy atom. The van der Waals surface area contributed by atoms with E-state index in [9.17, 15) is 5.11 Å². The van der Waals surface area contributed by atoms with E-state index in [0.29, 0.717) is 19.8 Å². The van der Waals surface area contributed by atoms with E-state index in [-0.39, 0.29) is 6.61 Å². The highest BCUT2D eigenvalue weighted by molar-refractivity contribution is 5.27. The zero-order valence-electron chi connectivity index (χ0n) is 14.9. The number of methoxy groups -OCH3 is 2. The lowest BCUT2D eigenvalue weighted by molar-refractivity contribution is 0.000485. The molecule has 0 radical (unpaired) electrons. The molecule has 0 aliphatic carbocycles. The van der Waals surface area contributed by atoms with Crippen molar-refractivity contribution in [2.45, 2.75) is 19.3 Å². The first kappa shape index (κ1) is 19.5. The summed E-state index contributed by atoms with van der Waals surface area (Å²) in [7, 11) is 3.33. The zero-order chi connectivity index (χ0) is 17.9. The van der Waals surface area contributed by atoms with Gasteiger partial charge in [-0.25, -0.2) is 0 Å². The van der Waals surface area contributed by atoms with Crippen LogP contribution in [0.25, 0.3) is 0 Å². The summed E-state index contributed by atoms with van der Waals surface area (Å²) in [6.07, 6.45) is 1.03. The summed E-state index contributed by atoms with van der Waals surface area (Å²) in [6.45, 7) is 3.19. The second-order valence-electron chi connectivity index (χ2n) is 5.82. The lowest BCUT2D eigenvalue weighted by atomic mass is 10.2. The van der Waals surface area contributed by atoms with E-state index in [0.717, 1.165) is 30.2 Å². The van der Waals surface area contributed by atoms with Crippen molar-refractivity contribution < 1.29 is 23.7 Å². The molecular formula is C19H27NO5. The Kier molecular flexibility index (Phi) is 8.48. The number of benzene rings is 1. The molecule has 0 amide bonds. The molecule has 0 aliphatic heterocycles. The summed E-state index contributed by atoms with van der Waals surface area (Å²) in [6, 6.07) is 11.6. The predicted octanol–water partition coefficient (Wildman–Crippen LogP) is 2.31. The molecule has 0 spiro atoms. The van der Waals surface area contributed by atoms with Crippen LogP contribution in [-0.2, 0) is 22.6 Å². The largest absolute Gasteiger partial charge is 0.497 e. The minimum absolute atomic E-state index is 0.257. The average Bonchev–Trinajstić information content (AvgIpc) is 3.13. The van der Waals surface area contributed by atoms with Crippen LogP contribution in [0.15, 0.2) is 47.1 Å². The SMILES string of the molecule is COCCN(Cc1ccc(OC)cc1)C[C@H](O)COCc1ccco1. The van der Waals surface area contributed by atoms with Crippen LogP contribution in [0.1, 0.15) is 11.3 Å². The molecule has 1 atom stereocenters. The van der Waals surface area contributed by atoms with Crippen molar-refractivity contribution in [3.63, 3.8) is 0 Å². The third-order valence-corrected chi connectivity index (χ3v) is 3.78. The van der Waals surface area contributed by atoms with Gasteiger partial charge in [-0.1, -0.05) is 12.1 Å². The van der Waals surface area contributed by atoms with E-state index >= 15 is 0 Å². The summed E-state index contributed by atoms with van der Waals surface area (Å²) >= 11 is 0. The Hall–Kier alpha value is -1.86. The monoisotopic (exact) mass is 349 g/mol. The van der Waals surface area contributed by atoms with E-state index in [1.165, 1.54) is 0 Å². The first-order valence-electron chi connectivity index (χ1n) is 8.33. The van der Waals surface area contributed by atoms with Gasteiger partial charge in [-0.15, -0.1) is 0 Å². The Morgan fingerprint density at radius 2 is 1.96 bits per heavy atom. The summed E-state index contributed by atoms with van der Waals surface area (Å²) in [5.41, 5.74) is 1.15. The maximum atomic E-state index is 10.2. The molecule has 25 heavy (non-hydrogen) atoms.